The van der Waals surface area contributed by atoms with E-state index in [0.29, 0.717) is 6.42 Å². The van der Waals surface area contributed by atoms with Crippen LogP contribution in [0.1, 0.15) is 39.0 Å². The van der Waals surface area contributed by atoms with E-state index in [9.17, 15) is 18.0 Å². The van der Waals surface area contributed by atoms with Crippen LogP contribution in [0.5, 0.6) is 0 Å². The normalized spacial score (nSPS) is 13.6. The van der Waals surface area contributed by atoms with E-state index in [1.807, 2.05) is 6.92 Å². The maximum Gasteiger partial charge on any atom is 0.389 e. The fourth-order valence-corrected chi connectivity index (χ4v) is 1.19. The van der Waals surface area contributed by atoms with Gasteiger partial charge in [0.1, 0.15) is 0 Å². The van der Waals surface area contributed by atoms with Crippen molar-refractivity contribution >= 4 is 5.91 Å². The van der Waals surface area contributed by atoms with Gasteiger partial charge in [0.2, 0.25) is 5.91 Å². The van der Waals surface area contributed by atoms with Crippen molar-refractivity contribution < 1.29 is 18.0 Å². The van der Waals surface area contributed by atoms with Gasteiger partial charge >= 0.3 is 6.18 Å². The standard InChI is InChI=1S/C10H19F3N2O/c1-2-3-5-8(14)9(16)15-7-4-6-10(11,12)13/h8H,2-7,14H2,1H3,(H,15,16)/t8-/m0/s1. The number of unbranched alkanes of at least 4 members (excludes halogenated alkanes) is 1. The number of carbonyl (C=O) groups excluding carboxylic acids is 1. The van der Waals surface area contributed by atoms with Gasteiger partial charge < -0.3 is 11.1 Å². The zero-order valence-electron chi connectivity index (χ0n) is 9.44. The Bertz CT molecular complexity index is 207. The van der Waals surface area contributed by atoms with Crippen LogP contribution in [0.4, 0.5) is 13.2 Å². The number of hydrogen-bond donors (Lipinski definition) is 2. The van der Waals surface area contributed by atoms with E-state index in [0.717, 1.165) is 12.8 Å². The summed E-state index contributed by atoms with van der Waals surface area (Å²) in [5.41, 5.74) is 5.54. The molecule has 3 N–H and O–H groups in total. The van der Waals surface area contributed by atoms with Crippen LogP contribution in [-0.4, -0.2) is 24.7 Å². The first-order valence-corrected chi connectivity index (χ1v) is 5.47. The van der Waals surface area contributed by atoms with Gasteiger partial charge in [-0.05, 0) is 12.8 Å². The average molecular weight is 240 g/mol. The molecule has 0 aliphatic carbocycles. The van der Waals surface area contributed by atoms with Gasteiger partial charge in [-0.2, -0.15) is 13.2 Å². The molecule has 16 heavy (non-hydrogen) atoms. The number of alkyl halides is 3. The molecule has 3 nitrogen and oxygen atoms in total. The molecule has 96 valence electrons. The number of amides is 1. The highest BCUT2D eigenvalue weighted by Gasteiger charge is 2.26. The minimum absolute atomic E-state index is 0.0260. The van der Waals surface area contributed by atoms with Crippen molar-refractivity contribution in [3.63, 3.8) is 0 Å². The topological polar surface area (TPSA) is 55.1 Å². The summed E-state index contributed by atoms with van der Waals surface area (Å²) in [6.45, 7) is 2.01. The molecule has 0 bridgehead atoms. The van der Waals surface area contributed by atoms with E-state index in [1.165, 1.54) is 0 Å². The summed E-state index contributed by atoms with van der Waals surface area (Å²) in [4.78, 5) is 11.3. The minimum atomic E-state index is -4.16. The average Bonchev–Trinajstić information content (AvgIpc) is 2.19. The first-order valence-electron chi connectivity index (χ1n) is 5.47. The summed E-state index contributed by atoms with van der Waals surface area (Å²) in [6.07, 6.45) is -2.78. The Morgan fingerprint density at radius 2 is 2.00 bits per heavy atom. The summed E-state index contributed by atoms with van der Waals surface area (Å²) in [7, 11) is 0. The molecule has 0 radical (unpaired) electrons. The van der Waals surface area contributed by atoms with E-state index < -0.39 is 18.6 Å². The van der Waals surface area contributed by atoms with Crippen molar-refractivity contribution in [3.05, 3.63) is 0 Å². The quantitative estimate of drug-likeness (QED) is 0.668. The second-order valence-electron chi connectivity index (χ2n) is 3.76. The van der Waals surface area contributed by atoms with E-state index in [-0.39, 0.29) is 18.9 Å². The van der Waals surface area contributed by atoms with Crippen molar-refractivity contribution in [2.75, 3.05) is 6.54 Å². The Morgan fingerprint density at radius 1 is 1.38 bits per heavy atom. The van der Waals surface area contributed by atoms with Crippen molar-refractivity contribution in [2.24, 2.45) is 5.73 Å². The largest absolute Gasteiger partial charge is 0.389 e. The third-order valence-corrected chi connectivity index (χ3v) is 2.14. The fourth-order valence-electron chi connectivity index (χ4n) is 1.19. The van der Waals surface area contributed by atoms with Gasteiger partial charge in [0.15, 0.2) is 0 Å². The molecule has 0 aromatic rings. The van der Waals surface area contributed by atoms with E-state index in [4.69, 9.17) is 5.73 Å². The Kier molecular flexibility index (Phi) is 7.12. The number of rotatable bonds is 7. The van der Waals surface area contributed by atoms with Crippen LogP contribution < -0.4 is 11.1 Å². The van der Waals surface area contributed by atoms with Crippen LogP contribution in [0.15, 0.2) is 0 Å². The Balaban J connectivity index is 3.57. The second kappa shape index (κ2) is 7.49. The molecule has 0 rings (SSSR count). The number of halogens is 3. The molecule has 0 heterocycles. The van der Waals surface area contributed by atoms with Gasteiger partial charge in [-0.15, -0.1) is 0 Å². The lowest BCUT2D eigenvalue weighted by atomic mass is 10.1. The maximum absolute atomic E-state index is 11.8. The molecule has 0 saturated heterocycles. The van der Waals surface area contributed by atoms with E-state index in [1.54, 1.807) is 0 Å². The van der Waals surface area contributed by atoms with Gasteiger partial charge in [-0.25, -0.2) is 0 Å². The van der Waals surface area contributed by atoms with Gasteiger partial charge in [-0.3, -0.25) is 4.79 Å². The first-order chi connectivity index (χ1) is 7.37. The lowest BCUT2D eigenvalue weighted by Gasteiger charge is -2.12. The lowest BCUT2D eigenvalue weighted by molar-refractivity contribution is -0.136. The molecule has 0 aliphatic heterocycles. The predicted octanol–water partition coefficient (Wildman–Crippen LogP) is 1.96. The molecule has 1 amide bonds. The predicted molar refractivity (Wildman–Crippen MR) is 55.8 cm³/mol. The van der Waals surface area contributed by atoms with Crippen molar-refractivity contribution in [3.8, 4) is 0 Å². The first kappa shape index (κ1) is 15.2. The van der Waals surface area contributed by atoms with Crippen LogP contribution in [0, 0.1) is 0 Å². The Hall–Kier alpha value is -0.780. The molecule has 0 fully saturated rings. The smallest absolute Gasteiger partial charge is 0.355 e. The van der Waals surface area contributed by atoms with Crippen LogP contribution in [0.2, 0.25) is 0 Å². The fraction of sp³-hybridized carbons (Fsp3) is 0.900. The monoisotopic (exact) mass is 240 g/mol. The van der Waals surface area contributed by atoms with E-state index >= 15 is 0 Å². The van der Waals surface area contributed by atoms with Gasteiger partial charge in [-0.1, -0.05) is 19.8 Å². The number of hydrogen-bond acceptors (Lipinski definition) is 2. The zero-order chi connectivity index (χ0) is 12.6. The maximum atomic E-state index is 11.8. The van der Waals surface area contributed by atoms with Crippen LogP contribution in [0.3, 0.4) is 0 Å². The highest BCUT2D eigenvalue weighted by Crippen LogP contribution is 2.20. The third-order valence-electron chi connectivity index (χ3n) is 2.14. The summed E-state index contributed by atoms with van der Waals surface area (Å²) in [6, 6.07) is -0.606. The summed E-state index contributed by atoms with van der Waals surface area (Å²) < 4.78 is 35.3. The van der Waals surface area contributed by atoms with E-state index in [2.05, 4.69) is 5.32 Å². The SMILES string of the molecule is CCCC[C@H](N)C(=O)NCCCC(F)(F)F. The summed E-state index contributed by atoms with van der Waals surface area (Å²) >= 11 is 0. The van der Waals surface area contributed by atoms with Gasteiger partial charge in [0.25, 0.3) is 0 Å². The second-order valence-corrected chi connectivity index (χ2v) is 3.76. The molecule has 0 spiro atoms. The van der Waals surface area contributed by atoms with Crippen molar-refractivity contribution in [1.82, 2.24) is 5.32 Å². The van der Waals surface area contributed by atoms with Gasteiger partial charge in [0.05, 0.1) is 6.04 Å². The van der Waals surface area contributed by atoms with Gasteiger partial charge in [0, 0.05) is 13.0 Å². The lowest BCUT2D eigenvalue weighted by Crippen LogP contribution is -2.41. The Morgan fingerprint density at radius 3 is 2.50 bits per heavy atom. The molecule has 6 heteroatoms. The molecule has 0 aliphatic rings. The van der Waals surface area contributed by atoms with Crippen molar-refractivity contribution in [2.45, 2.75) is 51.2 Å². The highest BCUT2D eigenvalue weighted by molar-refractivity contribution is 5.81. The molecule has 1 atom stereocenters. The highest BCUT2D eigenvalue weighted by atomic mass is 19.4. The summed E-state index contributed by atoms with van der Waals surface area (Å²) in [5.74, 6) is -0.365. The molecular weight excluding hydrogens is 221 g/mol. The van der Waals surface area contributed by atoms with Crippen LogP contribution >= 0.6 is 0 Å². The molecule has 0 unspecified atom stereocenters. The minimum Gasteiger partial charge on any atom is -0.355 e. The molecule has 0 saturated carbocycles. The molecule has 0 aromatic carbocycles. The Labute approximate surface area is 93.6 Å². The third kappa shape index (κ3) is 8.52. The number of nitrogens with one attached hydrogen (secondary N) is 1. The molecular formula is C10H19F3N2O. The zero-order valence-corrected chi connectivity index (χ0v) is 9.44. The number of carbonyl (C=O) groups is 1. The van der Waals surface area contributed by atoms with Crippen molar-refractivity contribution in [1.29, 1.82) is 0 Å². The number of nitrogens with two attached hydrogens (primary N) is 1. The van der Waals surface area contributed by atoms with Crippen LogP contribution in [-0.2, 0) is 4.79 Å². The molecule has 0 aromatic heterocycles. The van der Waals surface area contributed by atoms with Crippen LogP contribution in [0.25, 0.3) is 0 Å². The summed E-state index contributed by atoms with van der Waals surface area (Å²) in [5, 5.41) is 2.40.